The first-order valence-electron chi connectivity index (χ1n) is 14.7. The number of hydrogen-bond acceptors (Lipinski definition) is 10. The van der Waals surface area contributed by atoms with Crippen LogP contribution in [0.15, 0.2) is 61.1 Å². The van der Waals surface area contributed by atoms with E-state index in [1.807, 2.05) is 47.4 Å². The van der Waals surface area contributed by atoms with Gasteiger partial charge in [-0.05, 0) is 31.0 Å². The van der Waals surface area contributed by atoms with E-state index in [1.54, 1.807) is 37.4 Å². The Labute approximate surface area is 255 Å². The average molecular weight is 597 g/mol. The van der Waals surface area contributed by atoms with Crippen molar-refractivity contribution in [1.82, 2.24) is 34.8 Å². The maximum atomic E-state index is 12.6. The molecule has 228 valence electrons. The van der Waals surface area contributed by atoms with Gasteiger partial charge < -0.3 is 26.0 Å². The molecule has 0 spiro atoms. The number of nitrogens with two attached hydrogens (primary N) is 1. The minimum Gasteiger partial charge on any atom is -0.494 e. The van der Waals surface area contributed by atoms with Gasteiger partial charge in [-0.25, -0.2) is 4.98 Å². The molecular formula is C31H36N10O3. The standard InChI is InChI=1S/C31H36N10O3/c1-39(12-11-32)31(43)27-8-3-5-22(35-27)17-40-18-24(19-40)41-16-21(14-34-41)25-6-4-7-26(29(25)44-2)36-23-13-28(38-33-15-23)37-30(42)20-9-10-20/h3-8,13-16,20,24H,9-12,17-19,32H2,1-2H3,(H2,36,37,38,42). The van der Waals surface area contributed by atoms with Gasteiger partial charge in [0.05, 0.1) is 42.6 Å². The Hall–Kier alpha value is -4.88. The third-order valence-corrected chi connectivity index (χ3v) is 7.80. The quantitative estimate of drug-likeness (QED) is 0.222. The van der Waals surface area contributed by atoms with Crippen LogP contribution in [-0.4, -0.2) is 86.9 Å². The minimum absolute atomic E-state index is 0.0212. The molecule has 44 heavy (non-hydrogen) atoms. The van der Waals surface area contributed by atoms with Crippen molar-refractivity contribution in [2.24, 2.45) is 11.7 Å². The number of pyridine rings is 1. The first-order valence-corrected chi connectivity index (χ1v) is 14.7. The summed E-state index contributed by atoms with van der Waals surface area (Å²) >= 11 is 0. The second kappa shape index (κ2) is 12.8. The summed E-state index contributed by atoms with van der Waals surface area (Å²) < 4.78 is 7.82. The molecule has 0 radical (unpaired) electrons. The summed E-state index contributed by atoms with van der Waals surface area (Å²) in [5.41, 5.74) is 10.1. The van der Waals surface area contributed by atoms with Gasteiger partial charge in [-0.3, -0.25) is 19.2 Å². The van der Waals surface area contributed by atoms with Crippen molar-refractivity contribution in [2.45, 2.75) is 25.4 Å². The Morgan fingerprint density at radius 1 is 1.14 bits per heavy atom. The van der Waals surface area contributed by atoms with Crippen LogP contribution >= 0.6 is 0 Å². The van der Waals surface area contributed by atoms with E-state index >= 15 is 0 Å². The summed E-state index contributed by atoms with van der Waals surface area (Å²) in [6, 6.07) is 13.4. The fraction of sp³-hybridized carbons (Fsp3) is 0.355. The number of para-hydroxylation sites is 1. The Morgan fingerprint density at radius 3 is 2.73 bits per heavy atom. The maximum Gasteiger partial charge on any atom is 0.272 e. The van der Waals surface area contributed by atoms with Gasteiger partial charge in [0, 0.05) is 69.1 Å². The van der Waals surface area contributed by atoms with Crippen molar-refractivity contribution in [3.63, 3.8) is 0 Å². The van der Waals surface area contributed by atoms with Crippen LogP contribution in [0.25, 0.3) is 11.1 Å². The van der Waals surface area contributed by atoms with E-state index < -0.39 is 0 Å². The van der Waals surface area contributed by atoms with Gasteiger partial charge in [-0.2, -0.15) is 10.2 Å². The van der Waals surface area contributed by atoms with Crippen molar-refractivity contribution < 1.29 is 14.3 Å². The number of benzene rings is 1. The van der Waals surface area contributed by atoms with Crippen LogP contribution in [0.3, 0.4) is 0 Å². The molecule has 1 aromatic carbocycles. The van der Waals surface area contributed by atoms with E-state index in [1.165, 1.54) is 0 Å². The second-order valence-corrected chi connectivity index (χ2v) is 11.2. The van der Waals surface area contributed by atoms with Gasteiger partial charge in [0.1, 0.15) is 11.4 Å². The Bertz CT molecular complexity index is 1650. The lowest BCUT2D eigenvalue weighted by Gasteiger charge is -2.39. The van der Waals surface area contributed by atoms with Gasteiger partial charge in [0.15, 0.2) is 5.82 Å². The van der Waals surface area contributed by atoms with Crippen LogP contribution in [-0.2, 0) is 11.3 Å². The van der Waals surface area contributed by atoms with Crippen molar-refractivity contribution in [3.8, 4) is 16.9 Å². The number of likely N-dealkylation sites (tertiary alicyclic amines) is 1. The van der Waals surface area contributed by atoms with Crippen molar-refractivity contribution in [3.05, 3.63) is 72.4 Å². The van der Waals surface area contributed by atoms with Crippen LogP contribution < -0.4 is 21.1 Å². The third-order valence-electron chi connectivity index (χ3n) is 7.80. The van der Waals surface area contributed by atoms with Crippen LogP contribution in [0.4, 0.5) is 17.2 Å². The van der Waals surface area contributed by atoms with Crippen LogP contribution in [0.2, 0.25) is 0 Å². The number of carbonyl (C=O) groups excluding carboxylic acids is 2. The molecule has 0 unspecified atom stereocenters. The molecule has 1 saturated carbocycles. The van der Waals surface area contributed by atoms with E-state index in [2.05, 4.69) is 35.8 Å². The first kappa shape index (κ1) is 29.2. The molecule has 1 aliphatic heterocycles. The van der Waals surface area contributed by atoms with Crippen LogP contribution in [0, 0.1) is 5.92 Å². The largest absolute Gasteiger partial charge is 0.494 e. The fourth-order valence-corrected chi connectivity index (χ4v) is 5.23. The molecular weight excluding hydrogens is 560 g/mol. The van der Waals surface area contributed by atoms with Gasteiger partial charge in [0.25, 0.3) is 5.91 Å². The molecule has 2 amide bonds. The average Bonchev–Trinajstić information content (AvgIpc) is 3.76. The summed E-state index contributed by atoms with van der Waals surface area (Å²) in [6.07, 6.45) is 7.32. The third kappa shape index (κ3) is 6.53. The topological polar surface area (TPSA) is 156 Å². The monoisotopic (exact) mass is 596 g/mol. The summed E-state index contributed by atoms with van der Waals surface area (Å²) in [5.74, 6) is 1.00. The molecule has 4 heterocycles. The SMILES string of the molecule is COc1c(Nc2cnnc(NC(=O)C3CC3)c2)cccc1-c1cnn(C2CN(Cc3cccc(C(=O)N(C)CCN)n3)C2)c1. The lowest BCUT2D eigenvalue weighted by atomic mass is 10.1. The predicted molar refractivity (Wildman–Crippen MR) is 165 cm³/mol. The number of rotatable bonds is 12. The lowest BCUT2D eigenvalue weighted by molar-refractivity contribution is -0.117. The normalized spacial score (nSPS) is 15.0. The number of nitrogens with zero attached hydrogens (tertiary/aromatic N) is 7. The Morgan fingerprint density at radius 2 is 1.95 bits per heavy atom. The number of anilines is 3. The molecule has 1 saturated heterocycles. The molecule has 4 N–H and O–H groups in total. The number of carbonyl (C=O) groups is 2. The predicted octanol–water partition coefficient (Wildman–Crippen LogP) is 2.92. The molecule has 3 aromatic heterocycles. The maximum absolute atomic E-state index is 12.6. The zero-order valence-electron chi connectivity index (χ0n) is 24.8. The minimum atomic E-state index is -0.128. The highest BCUT2D eigenvalue weighted by atomic mass is 16.5. The molecule has 13 heteroatoms. The fourth-order valence-electron chi connectivity index (χ4n) is 5.23. The number of aromatic nitrogens is 5. The number of nitrogens with one attached hydrogen (secondary N) is 2. The molecule has 0 atom stereocenters. The molecule has 2 fully saturated rings. The van der Waals surface area contributed by atoms with Crippen LogP contribution in [0.1, 0.15) is 35.1 Å². The highest BCUT2D eigenvalue weighted by Gasteiger charge is 2.31. The zero-order chi connectivity index (χ0) is 30.6. The summed E-state index contributed by atoms with van der Waals surface area (Å²) in [7, 11) is 3.37. The highest BCUT2D eigenvalue weighted by Crippen LogP contribution is 2.38. The first-order chi connectivity index (χ1) is 21.4. The summed E-state index contributed by atoms with van der Waals surface area (Å²) in [6.45, 7) is 3.20. The van der Waals surface area contributed by atoms with Gasteiger partial charge in [0.2, 0.25) is 5.91 Å². The summed E-state index contributed by atoms with van der Waals surface area (Å²) in [5, 5.41) is 18.9. The van der Waals surface area contributed by atoms with Crippen molar-refractivity contribution in [1.29, 1.82) is 0 Å². The highest BCUT2D eigenvalue weighted by molar-refractivity contribution is 5.93. The van der Waals surface area contributed by atoms with E-state index in [9.17, 15) is 9.59 Å². The Balaban J connectivity index is 1.09. The van der Waals surface area contributed by atoms with Gasteiger partial charge in [-0.15, -0.1) is 5.10 Å². The number of hydrogen-bond donors (Lipinski definition) is 3. The summed E-state index contributed by atoms with van der Waals surface area (Å²) in [4.78, 5) is 33.2. The van der Waals surface area contributed by atoms with Crippen molar-refractivity contribution in [2.75, 3.05) is 51.0 Å². The number of ether oxygens (including phenoxy) is 1. The molecule has 4 aromatic rings. The van der Waals surface area contributed by atoms with E-state index in [-0.39, 0.29) is 23.8 Å². The number of amides is 2. The zero-order valence-corrected chi connectivity index (χ0v) is 24.8. The number of likely N-dealkylation sites (N-methyl/N-ethyl adjacent to an activating group) is 1. The second-order valence-electron chi connectivity index (χ2n) is 11.2. The van der Waals surface area contributed by atoms with Crippen molar-refractivity contribution >= 4 is 29.0 Å². The molecule has 6 rings (SSSR count). The van der Waals surface area contributed by atoms with Crippen LogP contribution in [0.5, 0.6) is 5.75 Å². The van der Waals surface area contributed by atoms with Gasteiger partial charge in [-0.1, -0.05) is 18.2 Å². The molecule has 13 nitrogen and oxygen atoms in total. The number of methoxy groups -OCH3 is 1. The molecule has 1 aliphatic carbocycles. The molecule has 0 bridgehead atoms. The smallest absolute Gasteiger partial charge is 0.272 e. The van der Waals surface area contributed by atoms with E-state index in [0.29, 0.717) is 42.6 Å². The van der Waals surface area contributed by atoms with E-state index in [4.69, 9.17) is 10.5 Å². The van der Waals surface area contributed by atoms with E-state index in [0.717, 1.165) is 48.4 Å². The van der Waals surface area contributed by atoms with Gasteiger partial charge >= 0.3 is 0 Å². The Kier molecular flexibility index (Phi) is 8.48. The lowest BCUT2D eigenvalue weighted by Crippen LogP contribution is -2.47. The molecule has 2 aliphatic rings.